The first-order valence-electron chi connectivity index (χ1n) is 7.17. The van der Waals surface area contributed by atoms with E-state index in [1.807, 2.05) is 0 Å². The van der Waals surface area contributed by atoms with Gasteiger partial charge in [0.05, 0.1) is 33.6 Å². The molecule has 7 heteroatoms. The van der Waals surface area contributed by atoms with E-state index in [4.69, 9.17) is 27.9 Å². The molecule has 0 spiro atoms. The minimum Gasteiger partial charge on any atom is -0.379 e. The average molecular weight is 346 g/mol. The van der Waals surface area contributed by atoms with E-state index in [1.54, 1.807) is 6.07 Å². The highest BCUT2D eigenvalue weighted by atomic mass is 35.5. The van der Waals surface area contributed by atoms with Gasteiger partial charge < -0.3 is 10.1 Å². The molecule has 0 radical (unpaired) electrons. The molecule has 0 saturated carbocycles. The zero-order valence-corrected chi connectivity index (χ0v) is 14.1. The fourth-order valence-electron chi connectivity index (χ4n) is 2.75. The number of anilines is 1. The van der Waals surface area contributed by atoms with Crippen LogP contribution < -0.4 is 5.32 Å². The highest BCUT2D eigenvalue weighted by Crippen LogP contribution is 2.36. The van der Waals surface area contributed by atoms with Crippen molar-refractivity contribution in [1.29, 1.82) is 0 Å². The SMILES string of the molecule is CCCC1CC(Nc2c(Cl)cc(Cl)c3nsnc23)CCO1. The first-order chi connectivity index (χ1) is 10.2. The third-order valence-corrected chi connectivity index (χ3v) is 4.88. The van der Waals surface area contributed by atoms with Gasteiger partial charge in [0.2, 0.25) is 0 Å². The van der Waals surface area contributed by atoms with Gasteiger partial charge in [-0.05, 0) is 25.3 Å². The number of halogens is 2. The van der Waals surface area contributed by atoms with Crippen LogP contribution in [-0.4, -0.2) is 27.5 Å². The molecule has 0 amide bonds. The maximum atomic E-state index is 6.34. The maximum Gasteiger partial charge on any atom is 0.130 e. The van der Waals surface area contributed by atoms with Crippen LogP contribution in [0.25, 0.3) is 11.0 Å². The number of ether oxygens (including phenoxy) is 1. The highest BCUT2D eigenvalue weighted by molar-refractivity contribution is 7.00. The fraction of sp³-hybridized carbons (Fsp3) is 0.571. The first kappa shape index (κ1) is 15.3. The van der Waals surface area contributed by atoms with E-state index in [0.29, 0.717) is 27.7 Å². The van der Waals surface area contributed by atoms with Gasteiger partial charge >= 0.3 is 0 Å². The molecular weight excluding hydrogens is 329 g/mol. The van der Waals surface area contributed by atoms with Crippen LogP contribution >= 0.6 is 34.9 Å². The molecular formula is C14H17Cl2N3OS. The summed E-state index contributed by atoms with van der Waals surface area (Å²) in [5.74, 6) is 0. The van der Waals surface area contributed by atoms with E-state index < -0.39 is 0 Å². The largest absolute Gasteiger partial charge is 0.379 e. The molecule has 114 valence electrons. The van der Waals surface area contributed by atoms with Gasteiger partial charge in [-0.25, -0.2) is 0 Å². The van der Waals surface area contributed by atoms with Crippen molar-refractivity contribution in [3.05, 3.63) is 16.1 Å². The molecule has 2 unspecified atom stereocenters. The Bertz CT molecular complexity index is 632. The first-order valence-corrected chi connectivity index (χ1v) is 8.66. The molecule has 1 saturated heterocycles. The Morgan fingerprint density at radius 3 is 2.95 bits per heavy atom. The van der Waals surface area contributed by atoms with Crippen LogP contribution in [0.5, 0.6) is 0 Å². The fourth-order valence-corrected chi connectivity index (χ4v) is 3.92. The van der Waals surface area contributed by atoms with E-state index in [1.165, 1.54) is 0 Å². The Hall–Kier alpha value is -0.620. The molecule has 21 heavy (non-hydrogen) atoms. The maximum absolute atomic E-state index is 6.34. The van der Waals surface area contributed by atoms with Crippen molar-refractivity contribution in [2.75, 3.05) is 11.9 Å². The molecule has 1 N–H and O–H groups in total. The van der Waals surface area contributed by atoms with E-state index in [0.717, 1.165) is 55.2 Å². The van der Waals surface area contributed by atoms with Gasteiger partial charge in [-0.1, -0.05) is 36.5 Å². The Morgan fingerprint density at radius 2 is 2.14 bits per heavy atom. The van der Waals surface area contributed by atoms with Crippen molar-refractivity contribution in [2.24, 2.45) is 0 Å². The summed E-state index contributed by atoms with van der Waals surface area (Å²) >= 11 is 13.6. The minimum absolute atomic E-state index is 0.330. The summed E-state index contributed by atoms with van der Waals surface area (Å²) in [4.78, 5) is 0. The van der Waals surface area contributed by atoms with Crippen molar-refractivity contribution >= 4 is 51.7 Å². The van der Waals surface area contributed by atoms with Crippen molar-refractivity contribution in [3.63, 3.8) is 0 Å². The molecule has 0 bridgehead atoms. The van der Waals surface area contributed by atoms with Gasteiger partial charge in [-0.15, -0.1) is 0 Å². The predicted molar refractivity (Wildman–Crippen MR) is 88.7 cm³/mol. The van der Waals surface area contributed by atoms with Crippen LogP contribution in [0.2, 0.25) is 10.0 Å². The number of fused-ring (bicyclic) bond motifs is 1. The van der Waals surface area contributed by atoms with Gasteiger partial charge in [-0.3, -0.25) is 0 Å². The van der Waals surface area contributed by atoms with Gasteiger partial charge in [0.25, 0.3) is 0 Å². The molecule has 1 aromatic carbocycles. The van der Waals surface area contributed by atoms with Crippen molar-refractivity contribution < 1.29 is 4.74 Å². The Kier molecular flexibility index (Phi) is 4.84. The molecule has 2 aromatic rings. The molecule has 0 aliphatic carbocycles. The van der Waals surface area contributed by atoms with Crippen molar-refractivity contribution in [2.45, 2.75) is 44.8 Å². The second-order valence-electron chi connectivity index (χ2n) is 5.32. The molecule has 3 rings (SSSR count). The second-order valence-corrected chi connectivity index (χ2v) is 6.67. The highest BCUT2D eigenvalue weighted by Gasteiger charge is 2.24. The number of hydrogen-bond acceptors (Lipinski definition) is 5. The van der Waals surface area contributed by atoms with E-state index in [-0.39, 0.29) is 0 Å². The molecule has 2 atom stereocenters. The minimum atomic E-state index is 0.330. The summed E-state index contributed by atoms with van der Waals surface area (Å²) in [7, 11) is 0. The lowest BCUT2D eigenvalue weighted by atomic mass is 10.00. The Morgan fingerprint density at radius 1 is 1.33 bits per heavy atom. The normalized spacial score (nSPS) is 22.6. The third kappa shape index (κ3) is 3.26. The standard InChI is InChI=1S/C14H17Cl2N3OS/c1-2-3-9-6-8(4-5-20-9)17-12-10(15)7-11(16)13-14(12)19-21-18-13/h7-9,17H,2-6H2,1H3. The quantitative estimate of drug-likeness (QED) is 0.867. The predicted octanol–water partition coefficient (Wildman–Crippen LogP) is 4.76. The number of nitrogens with one attached hydrogen (secondary N) is 1. The molecule has 1 aliphatic heterocycles. The second kappa shape index (κ2) is 6.65. The Labute approximate surface area is 138 Å². The summed E-state index contributed by atoms with van der Waals surface area (Å²) < 4.78 is 14.3. The number of benzene rings is 1. The number of aromatic nitrogens is 2. The zero-order chi connectivity index (χ0) is 14.8. The van der Waals surface area contributed by atoms with Crippen LogP contribution in [0, 0.1) is 0 Å². The molecule has 1 aromatic heterocycles. The summed E-state index contributed by atoms with van der Waals surface area (Å²) in [6, 6.07) is 2.08. The lowest BCUT2D eigenvalue weighted by molar-refractivity contribution is 0.00599. The van der Waals surface area contributed by atoms with E-state index >= 15 is 0 Å². The lowest BCUT2D eigenvalue weighted by Crippen LogP contribution is -2.34. The van der Waals surface area contributed by atoms with Crippen molar-refractivity contribution in [1.82, 2.24) is 8.75 Å². The number of hydrogen-bond donors (Lipinski definition) is 1. The van der Waals surface area contributed by atoms with Gasteiger partial charge in [0.15, 0.2) is 0 Å². The van der Waals surface area contributed by atoms with Gasteiger partial charge in [0.1, 0.15) is 11.0 Å². The summed E-state index contributed by atoms with van der Waals surface area (Å²) in [6.45, 7) is 2.97. The van der Waals surface area contributed by atoms with E-state index in [2.05, 4.69) is 21.0 Å². The van der Waals surface area contributed by atoms with Gasteiger partial charge in [0, 0.05) is 12.6 Å². The monoisotopic (exact) mass is 345 g/mol. The van der Waals surface area contributed by atoms with Crippen LogP contribution in [0.3, 0.4) is 0 Å². The van der Waals surface area contributed by atoms with Crippen LogP contribution in [0.15, 0.2) is 6.07 Å². The van der Waals surface area contributed by atoms with Gasteiger partial charge in [-0.2, -0.15) is 8.75 Å². The van der Waals surface area contributed by atoms with E-state index in [9.17, 15) is 0 Å². The summed E-state index contributed by atoms with van der Waals surface area (Å²) in [5.41, 5.74) is 2.31. The summed E-state index contributed by atoms with van der Waals surface area (Å²) in [6.07, 6.45) is 4.53. The topological polar surface area (TPSA) is 47.0 Å². The molecule has 4 nitrogen and oxygen atoms in total. The summed E-state index contributed by atoms with van der Waals surface area (Å²) in [5, 5.41) is 4.67. The number of rotatable bonds is 4. The number of nitrogens with zero attached hydrogens (tertiary/aromatic N) is 2. The van der Waals surface area contributed by atoms with Crippen LogP contribution in [-0.2, 0) is 4.74 Å². The third-order valence-electron chi connectivity index (χ3n) is 3.77. The molecule has 1 aliphatic rings. The lowest BCUT2D eigenvalue weighted by Gasteiger charge is -2.31. The molecule has 2 heterocycles. The van der Waals surface area contributed by atoms with Crippen molar-refractivity contribution in [3.8, 4) is 0 Å². The smallest absolute Gasteiger partial charge is 0.130 e. The Balaban J connectivity index is 1.83. The zero-order valence-electron chi connectivity index (χ0n) is 11.7. The van der Waals surface area contributed by atoms with Crippen LogP contribution in [0.4, 0.5) is 5.69 Å². The average Bonchev–Trinajstić information content (AvgIpc) is 2.94. The van der Waals surface area contributed by atoms with Crippen LogP contribution in [0.1, 0.15) is 32.6 Å². The molecule has 1 fully saturated rings.